The quantitative estimate of drug-likeness (QED) is 0.859. The fourth-order valence-corrected chi connectivity index (χ4v) is 3.30. The molecule has 1 fully saturated rings. The number of hydrogen-bond acceptors (Lipinski definition) is 3. The number of piperidine rings is 1. The summed E-state index contributed by atoms with van der Waals surface area (Å²) < 4.78 is 1.05. The molecule has 2 heterocycles. The van der Waals surface area contributed by atoms with E-state index in [1.54, 1.807) is 12.4 Å². The minimum absolute atomic E-state index is 0.0772. The summed E-state index contributed by atoms with van der Waals surface area (Å²) in [4.78, 5) is 18.7. The predicted octanol–water partition coefficient (Wildman–Crippen LogP) is 4.52. The van der Waals surface area contributed by atoms with Gasteiger partial charge in [-0.25, -0.2) is 0 Å². The molecule has 0 aliphatic carbocycles. The number of likely N-dealkylation sites (tertiary alicyclic amines) is 1. The first-order valence-electron chi connectivity index (χ1n) is 7.91. The van der Waals surface area contributed by atoms with Crippen molar-refractivity contribution in [2.75, 3.05) is 18.4 Å². The first-order chi connectivity index (χ1) is 11.1. The molecule has 4 nitrogen and oxygen atoms in total. The van der Waals surface area contributed by atoms with Crippen LogP contribution < -0.4 is 5.32 Å². The van der Waals surface area contributed by atoms with Gasteiger partial charge in [0.05, 0.1) is 17.4 Å². The zero-order valence-electron chi connectivity index (χ0n) is 13.2. The number of carbonyl (C=O) groups is 1. The SMILES string of the molecule is Cc1cc(Br)ccc1Nc1cncc(C(=O)N2CCCCC2)c1. The Morgan fingerprint density at radius 2 is 1.96 bits per heavy atom. The van der Waals surface area contributed by atoms with Crippen LogP contribution in [-0.2, 0) is 0 Å². The van der Waals surface area contributed by atoms with Crippen LogP contribution in [0.1, 0.15) is 35.2 Å². The van der Waals surface area contributed by atoms with Crippen LogP contribution in [0.4, 0.5) is 11.4 Å². The fraction of sp³-hybridized carbons (Fsp3) is 0.333. The summed E-state index contributed by atoms with van der Waals surface area (Å²) in [6.07, 6.45) is 6.79. The molecular weight excluding hydrogens is 354 g/mol. The Kier molecular flexibility index (Phi) is 4.96. The van der Waals surface area contributed by atoms with Crippen molar-refractivity contribution in [3.05, 3.63) is 52.3 Å². The van der Waals surface area contributed by atoms with Crippen molar-refractivity contribution in [2.45, 2.75) is 26.2 Å². The van der Waals surface area contributed by atoms with Crippen molar-refractivity contribution < 1.29 is 4.79 Å². The van der Waals surface area contributed by atoms with Gasteiger partial charge in [-0.3, -0.25) is 9.78 Å². The first-order valence-corrected chi connectivity index (χ1v) is 8.70. The standard InChI is InChI=1S/C18H20BrN3O/c1-13-9-15(19)5-6-17(13)21-16-10-14(11-20-12-16)18(23)22-7-3-2-4-8-22/h5-6,9-12,21H,2-4,7-8H2,1H3. The summed E-state index contributed by atoms with van der Waals surface area (Å²) >= 11 is 3.47. The van der Waals surface area contributed by atoms with Gasteiger partial charge in [0.1, 0.15) is 0 Å². The number of pyridine rings is 1. The Labute approximate surface area is 145 Å². The van der Waals surface area contributed by atoms with E-state index >= 15 is 0 Å². The van der Waals surface area contributed by atoms with Crippen molar-refractivity contribution >= 4 is 33.2 Å². The molecule has 1 aliphatic heterocycles. The van der Waals surface area contributed by atoms with E-state index in [-0.39, 0.29) is 5.91 Å². The van der Waals surface area contributed by atoms with Gasteiger partial charge in [0.2, 0.25) is 0 Å². The molecule has 23 heavy (non-hydrogen) atoms. The molecule has 1 aromatic carbocycles. The van der Waals surface area contributed by atoms with E-state index in [9.17, 15) is 4.79 Å². The van der Waals surface area contributed by atoms with Gasteiger partial charge in [-0.2, -0.15) is 0 Å². The number of nitrogens with zero attached hydrogens (tertiary/aromatic N) is 2. The Balaban J connectivity index is 1.78. The van der Waals surface area contributed by atoms with Crippen molar-refractivity contribution in [3.63, 3.8) is 0 Å². The van der Waals surface area contributed by atoms with E-state index in [2.05, 4.69) is 32.3 Å². The topological polar surface area (TPSA) is 45.2 Å². The second-order valence-electron chi connectivity index (χ2n) is 5.90. The second kappa shape index (κ2) is 7.13. The van der Waals surface area contributed by atoms with Gasteiger partial charge < -0.3 is 10.2 Å². The zero-order valence-corrected chi connectivity index (χ0v) is 14.8. The molecule has 0 spiro atoms. The molecule has 3 rings (SSSR count). The zero-order chi connectivity index (χ0) is 16.2. The third kappa shape index (κ3) is 3.91. The van der Waals surface area contributed by atoms with Crippen LogP contribution >= 0.6 is 15.9 Å². The summed E-state index contributed by atoms with van der Waals surface area (Å²) in [5.41, 5.74) is 3.62. The number of aromatic nitrogens is 1. The molecule has 0 bridgehead atoms. The van der Waals surface area contributed by atoms with E-state index in [4.69, 9.17) is 0 Å². The van der Waals surface area contributed by atoms with E-state index < -0.39 is 0 Å². The Morgan fingerprint density at radius 1 is 1.17 bits per heavy atom. The third-order valence-electron chi connectivity index (χ3n) is 4.10. The van der Waals surface area contributed by atoms with Crippen LogP contribution in [0.15, 0.2) is 41.1 Å². The number of hydrogen-bond donors (Lipinski definition) is 1. The highest BCUT2D eigenvalue weighted by Gasteiger charge is 2.18. The molecule has 120 valence electrons. The van der Waals surface area contributed by atoms with Crippen LogP contribution in [0.5, 0.6) is 0 Å². The first kappa shape index (κ1) is 16.0. The van der Waals surface area contributed by atoms with Crippen LogP contribution in [0.25, 0.3) is 0 Å². The van der Waals surface area contributed by atoms with Crippen LogP contribution in [-0.4, -0.2) is 28.9 Å². The molecule has 5 heteroatoms. The highest BCUT2D eigenvalue weighted by Crippen LogP contribution is 2.24. The monoisotopic (exact) mass is 373 g/mol. The van der Waals surface area contributed by atoms with Crippen molar-refractivity contribution in [2.24, 2.45) is 0 Å². The van der Waals surface area contributed by atoms with Gasteiger partial charge in [-0.05, 0) is 56.0 Å². The van der Waals surface area contributed by atoms with Gasteiger partial charge in [-0.1, -0.05) is 15.9 Å². The van der Waals surface area contributed by atoms with Gasteiger partial charge in [0, 0.05) is 29.4 Å². The number of halogens is 1. The molecule has 1 aliphatic rings. The number of amides is 1. The molecule has 1 N–H and O–H groups in total. The van der Waals surface area contributed by atoms with Crippen molar-refractivity contribution in [3.8, 4) is 0 Å². The molecule has 0 saturated carbocycles. The summed E-state index contributed by atoms with van der Waals surface area (Å²) in [7, 11) is 0. The maximum absolute atomic E-state index is 12.6. The summed E-state index contributed by atoms with van der Waals surface area (Å²) in [5, 5.41) is 3.34. The number of nitrogens with one attached hydrogen (secondary N) is 1. The van der Waals surface area contributed by atoms with E-state index in [1.807, 2.05) is 30.0 Å². The number of aryl methyl sites for hydroxylation is 1. The third-order valence-corrected chi connectivity index (χ3v) is 4.59. The summed E-state index contributed by atoms with van der Waals surface area (Å²) in [6, 6.07) is 7.94. The number of rotatable bonds is 3. The normalized spacial score (nSPS) is 14.6. The Hall–Kier alpha value is -1.88. The lowest BCUT2D eigenvalue weighted by atomic mass is 10.1. The average molecular weight is 374 g/mol. The molecule has 1 aromatic heterocycles. The number of anilines is 2. The highest BCUT2D eigenvalue weighted by molar-refractivity contribution is 9.10. The lowest BCUT2D eigenvalue weighted by molar-refractivity contribution is 0.0724. The smallest absolute Gasteiger partial charge is 0.255 e. The number of carbonyl (C=O) groups excluding carboxylic acids is 1. The molecular formula is C18H20BrN3O. The molecule has 0 unspecified atom stereocenters. The van der Waals surface area contributed by atoms with Gasteiger partial charge in [0.25, 0.3) is 5.91 Å². The lowest BCUT2D eigenvalue weighted by Gasteiger charge is -2.26. The molecule has 0 radical (unpaired) electrons. The maximum Gasteiger partial charge on any atom is 0.255 e. The summed E-state index contributed by atoms with van der Waals surface area (Å²) in [6.45, 7) is 3.74. The fourth-order valence-electron chi connectivity index (χ4n) is 2.83. The van der Waals surface area contributed by atoms with Gasteiger partial charge >= 0.3 is 0 Å². The largest absolute Gasteiger partial charge is 0.354 e. The minimum atomic E-state index is 0.0772. The highest BCUT2D eigenvalue weighted by atomic mass is 79.9. The van der Waals surface area contributed by atoms with Gasteiger partial charge in [0.15, 0.2) is 0 Å². The Bertz CT molecular complexity index is 711. The van der Waals surface area contributed by atoms with E-state index in [0.717, 1.165) is 47.3 Å². The van der Waals surface area contributed by atoms with E-state index in [0.29, 0.717) is 5.56 Å². The van der Waals surface area contributed by atoms with Gasteiger partial charge in [-0.15, -0.1) is 0 Å². The second-order valence-corrected chi connectivity index (χ2v) is 6.82. The molecule has 1 saturated heterocycles. The number of benzene rings is 1. The van der Waals surface area contributed by atoms with E-state index in [1.165, 1.54) is 6.42 Å². The minimum Gasteiger partial charge on any atom is -0.354 e. The predicted molar refractivity (Wildman–Crippen MR) is 96.2 cm³/mol. The Morgan fingerprint density at radius 3 is 2.70 bits per heavy atom. The maximum atomic E-state index is 12.6. The van der Waals surface area contributed by atoms with Crippen molar-refractivity contribution in [1.29, 1.82) is 0 Å². The lowest BCUT2D eigenvalue weighted by Crippen LogP contribution is -2.35. The molecule has 2 aromatic rings. The molecule has 0 atom stereocenters. The van der Waals surface area contributed by atoms with Crippen LogP contribution in [0, 0.1) is 6.92 Å². The summed E-state index contributed by atoms with van der Waals surface area (Å²) in [5.74, 6) is 0.0772. The molecule has 1 amide bonds. The van der Waals surface area contributed by atoms with Crippen molar-refractivity contribution in [1.82, 2.24) is 9.88 Å². The van der Waals surface area contributed by atoms with Crippen LogP contribution in [0.2, 0.25) is 0 Å². The van der Waals surface area contributed by atoms with Crippen LogP contribution in [0.3, 0.4) is 0 Å². The average Bonchev–Trinajstić information content (AvgIpc) is 2.58.